The first-order valence-corrected chi connectivity index (χ1v) is 3.67. The number of hydrogen-bond donors (Lipinski definition) is 1. The number of allylic oxidation sites excluding steroid dienone is 1. The Labute approximate surface area is 70.8 Å². The molecule has 12 heavy (non-hydrogen) atoms. The third kappa shape index (κ3) is 1.40. The molecule has 1 atom stereocenters. The van der Waals surface area contributed by atoms with E-state index in [1.165, 1.54) is 7.11 Å². The summed E-state index contributed by atoms with van der Waals surface area (Å²) in [5.41, 5.74) is 0.504. The van der Waals surface area contributed by atoms with Crippen LogP contribution in [0, 0.1) is 17.2 Å². The van der Waals surface area contributed by atoms with Gasteiger partial charge in [0.1, 0.15) is 6.07 Å². The maximum absolute atomic E-state index is 11.1. The minimum atomic E-state index is -0.140. The molecule has 1 amide bonds. The largest absolute Gasteiger partial charge is 0.482 e. The van der Waals surface area contributed by atoms with Gasteiger partial charge in [0.2, 0.25) is 11.8 Å². The van der Waals surface area contributed by atoms with E-state index >= 15 is 0 Å². The molecule has 0 aliphatic carbocycles. The van der Waals surface area contributed by atoms with Gasteiger partial charge >= 0.3 is 0 Å². The van der Waals surface area contributed by atoms with Crippen LogP contribution < -0.4 is 5.32 Å². The lowest BCUT2D eigenvalue weighted by Crippen LogP contribution is -2.34. The van der Waals surface area contributed by atoms with Gasteiger partial charge in [0.15, 0.2) is 0 Å². The summed E-state index contributed by atoms with van der Waals surface area (Å²) in [4.78, 5) is 11.1. The fourth-order valence-corrected chi connectivity index (χ4v) is 1.07. The molecule has 0 aromatic carbocycles. The van der Waals surface area contributed by atoms with Crippen LogP contribution >= 0.6 is 0 Å². The highest BCUT2D eigenvalue weighted by Gasteiger charge is 2.24. The van der Waals surface area contributed by atoms with Gasteiger partial charge in [-0.3, -0.25) is 10.1 Å². The monoisotopic (exact) mass is 166 g/mol. The highest BCUT2D eigenvalue weighted by molar-refractivity contribution is 5.81. The zero-order valence-electron chi connectivity index (χ0n) is 7.05. The molecule has 0 aromatic heterocycles. The number of carbonyl (C=O) groups is 1. The first-order valence-electron chi connectivity index (χ1n) is 3.67. The van der Waals surface area contributed by atoms with Gasteiger partial charge < -0.3 is 4.74 Å². The molecule has 4 nitrogen and oxygen atoms in total. The third-order valence-electron chi connectivity index (χ3n) is 1.81. The van der Waals surface area contributed by atoms with Gasteiger partial charge in [0.05, 0.1) is 12.7 Å². The van der Waals surface area contributed by atoms with E-state index in [1.54, 1.807) is 6.92 Å². The molecular weight excluding hydrogens is 156 g/mol. The first-order chi connectivity index (χ1) is 5.69. The van der Waals surface area contributed by atoms with Gasteiger partial charge in [-0.25, -0.2) is 0 Å². The van der Waals surface area contributed by atoms with Crippen LogP contribution in [0.15, 0.2) is 11.5 Å². The topological polar surface area (TPSA) is 62.1 Å². The highest BCUT2D eigenvalue weighted by atomic mass is 16.5. The predicted octanol–water partition coefficient (Wildman–Crippen LogP) is 0.524. The zero-order chi connectivity index (χ0) is 9.14. The fourth-order valence-electron chi connectivity index (χ4n) is 1.07. The van der Waals surface area contributed by atoms with Gasteiger partial charge in [0, 0.05) is 5.92 Å². The molecule has 1 rings (SSSR count). The van der Waals surface area contributed by atoms with Crippen molar-refractivity contribution in [3.8, 4) is 6.07 Å². The third-order valence-corrected chi connectivity index (χ3v) is 1.81. The van der Waals surface area contributed by atoms with E-state index in [1.807, 2.05) is 6.07 Å². The van der Waals surface area contributed by atoms with Crippen LogP contribution in [0.3, 0.4) is 0 Å². The van der Waals surface area contributed by atoms with Crippen molar-refractivity contribution in [2.75, 3.05) is 7.11 Å². The summed E-state index contributed by atoms with van der Waals surface area (Å²) in [5.74, 6) is 0.0602. The quantitative estimate of drug-likeness (QED) is 0.617. The summed E-state index contributed by atoms with van der Waals surface area (Å²) >= 11 is 0. The van der Waals surface area contributed by atoms with Crippen molar-refractivity contribution in [1.82, 2.24) is 5.32 Å². The Bertz CT molecular complexity index is 275. The molecular formula is C8H10N2O2. The number of amides is 1. The molecule has 0 aromatic rings. The molecule has 0 saturated heterocycles. The smallest absolute Gasteiger partial charge is 0.229 e. The number of nitriles is 1. The summed E-state index contributed by atoms with van der Waals surface area (Å²) in [6.07, 6.45) is 0.464. The summed E-state index contributed by atoms with van der Waals surface area (Å²) in [6, 6.07) is 2.00. The number of methoxy groups -OCH3 is 1. The maximum atomic E-state index is 11.1. The second-order valence-electron chi connectivity index (χ2n) is 2.72. The number of nitrogens with zero attached hydrogens (tertiary/aromatic N) is 1. The van der Waals surface area contributed by atoms with Crippen LogP contribution in [0.2, 0.25) is 0 Å². The molecule has 1 unspecified atom stereocenters. The highest BCUT2D eigenvalue weighted by Crippen LogP contribution is 2.19. The van der Waals surface area contributed by atoms with Crippen molar-refractivity contribution >= 4 is 5.91 Å². The second kappa shape index (κ2) is 3.26. The molecule has 0 fully saturated rings. The zero-order valence-corrected chi connectivity index (χ0v) is 7.05. The van der Waals surface area contributed by atoms with E-state index in [2.05, 4.69) is 5.32 Å². The van der Waals surface area contributed by atoms with Crippen LogP contribution in [0.5, 0.6) is 0 Å². The van der Waals surface area contributed by atoms with Crippen LogP contribution in [-0.4, -0.2) is 13.0 Å². The molecule has 0 radical (unpaired) electrons. The number of ether oxygens (including phenoxy) is 1. The van der Waals surface area contributed by atoms with Gasteiger partial charge in [-0.2, -0.15) is 5.26 Å². The normalized spacial score (nSPS) is 23.1. The van der Waals surface area contributed by atoms with E-state index in [4.69, 9.17) is 10.00 Å². The first kappa shape index (κ1) is 8.60. The average molecular weight is 166 g/mol. The van der Waals surface area contributed by atoms with Crippen molar-refractivity contribution in [1.29, 1.82) is 5.26 Å². The van der Waals surface area contributed by atoms with Crippen molar-refractivity contribution in [3.63, 3.8) is 0 Å². The number of rotatable bonds is 1. The van der Waals surface area contributed by atoms with Crippen molar-refractivity contribution in [3.05, 3.63) is 11.5 Å². The molecule has 0 bridgehead atoms. The standard InChI is InChI=1S/C8H10N2O2/c1-5-3-6(4-9)8(12-2)10-7(5)11/h5H,3H2,1-2H3,(H,10,11). The Morgan fingerprint density at radius 1 is 1.75 bits per heavy atom. The molecule has 1 N–H and O–H groups in total. The molecule has 64 valence electrons. The Morgan fingerprint density at radius 2 is 2.42 bits per heavy atom. The Kier molecular flexibility index (Phi) is 2.34. The van der Waals surface area contributed by atoms with Gasteiger partial charge in [-0.15, -0.1) is 0 Å². The molecule has 1 aliphatic rings. The lowest BCUT2D eigenvalue weighted by molar-refractivity contribution is -0.125. The molecule has 4 heteroatoms. The van der Waals surface area contributed by atoms with Crippen molar-refractivity contribution < 1.29 is 9.53 Å². The summed E-state index contributed by atoms with van der Waals surface area (Å²) in [7, 11) is 1.43. The van der Waals surface area contributed by atoms with Crippen molar-refractivity contribution in [2.24, 2.45) is 5.92 Å². The number of carbonyl (C=O) groups excluding carboxylic acids is 1. The van der Waals surface area contributed by atoms with E-state index in [0.717, 1.165) is 0 Å². The Balaban J connectivity index is 2.92. The van der Waals surface area contributed by atoms with Crippen LogP contribution in [0.1, 0.15) is 13.3 Å². The molecule has 0 saturated carbocycles. The van der Waals surface area contributed by atoms with Crippen LogP contribution in [0.4, 0.5) is 0 Å². The van der Waals surface area contributed by atoms with Gasteiger partial charge in [-0.1, -0.05) is 6.92 Å². The molecule has 1 heterocycles. The van der Waals surface area contributed by atoms with E-state index in [0.29, 0.717) is 17.9 Å². The van der Waals surface area contributed by atoms with E-state index in [9.17, 15) is 4.79 Å². The van der Waals surface area contributed by atoms with Crippen LogP contribution in [-0.2, 0) is 9.53 Å². The van der Waals surface area contributed by atoms with Gasteiger partial charge in [0.25, 0.3) is 0 Å². The lowest BCUT2D eigenvalue weighted by Gasteiger charge is -2.20. The molecule has 1 aliphatic heterocycles. The van der Waals surface area contributed by atoms with Crippen molar-refractivity contribution in [2.45, 2.75) is 13.3 Å². The van der Waals surface area contributed by atoms with Crippen LogP contribution in [0.25, 0.3) is 0 Å². The fraction of sp³-hybridized carbons (Fsp3) is 0.500. The lowest BCUT2D eigenvalue weighted by atomic mass is 9.98. The molecule has 0 spiro atoms. The average Bonchev–Trinajstić information content (AvgIpc) is 2.09. The summed E-state index contributed by atoms with van der Waals surface area (Å²) in [5, 5.41) is 11.2. The second-order valence-corrected chi connectivity index (χ2v) is 2.72. The van der Waals surface area contributed by atoms with E-state index < -0.39 is 0 Å². The number of nitrogens with one attached hydrogen (secondary N) is 1. The minimum Gasteiger partial charge on any atom is -0.482 e. The summed E-state index contributed by atoms with van der Waals surface area (Å²) < 4.78 is 4.84. The predicted molar refractivity (Wildman–Crippen MR) is 41.6 cm³/mol. The summed E-state index contributed by atoms with van der Waals surface area (Å²) in [6.45, 7) is 1.78. The number of hydrogen-bond acceptors (Lipinski definition) is 3. The SMILES string of the molecule is COC1=C(C#N)CC(C)C(=O)N1. The minimum absolute atomic E-state index is 0.0918. The van der Waals surface area contributed by atoms with Gasteiger partial charge in [-0.05, 0) is 6.42 Å². The van der Waals surface area contributed by atoms with E-state index in [-0.39, 0.29) is 11.8 Å². The Hall–Kier alpha value is -1.50. The maximum Gasteiger partial charge on any atom is 0.229 e. The Morgan fingerprint density at radius 3 is 2.92 bits per heavy atom.